The van der Waals surface area contributed by atoms with Gasteiger partial charge in [-0.3, -0.25) is 20.1 Å². The summed E-state index contributed by atoms with van der Waals surface area (Å²) in [5, 5.41) is 2.92. The van der Waals surface area contributed by atoms with E-state index in [1.54, 1.807) is 24.1 Å². The molecule has 1 N–H and O–H groups in total. The van der Waals surface area contributed by atoms with Crippen LogP contribution in [0.1, 0.15) is 30.9 Å². The zero-order valence-corrected chi connectivity index (χ0v) is 17.2. The zero-order chi connectivity index (χ0) is 20.6. The number of carbonyl (C=O) groups excluding carboxylic acids is 1. The van der Waals surface area contributed by atoms with Crippen LogP contribution in [0.5, 0.6) is 0 Å². The van der Waals surface area contributed by atoms with Crippen molar-refractivity contribution < 1.29 is 9.18 Å². The molecule has 2 atom stereocenters. The van der Waals surface area contributed by atoms with Crippen molar-refractivity contribution in [3.63, 3.8) is 0 Å². The van der Waals surface area contributed by atoms with Crippen molar-refractivity contribution in [2.45, 2.75) is 44.8 Å². The highest BCUT2D eigenvalue weighted by atomic mass is 19.1. The zero-order valence-electron chi connectivity index (χ0n) is 17.2. The van der Waals surface area contributed by atoms with Gasteiger partial charge in [0.25, 0.3) is 0 Å². The number of piperidine rings is 1. The fourth-order valence-electron chi connectivity index (χ4n) is 4.78. The Hall–Kier alpha value is -2.73. The second-order valence-electron chi connectivity index (χ2n) is 8.11. The van der Waals surface area contributed by atoms with E-state index in [0.717, 1.165) is 25.9 Å². The molecule has 2 aromatic rings. The Morgan fingerprint density at radius 3 is 2.72 bits per heavy atom. The molecule has 0 radical (unpaired) electrons. The molecular formula is C23H27FN4O. The first-order chi connectivity index (χ1) is 13.9. The predicted octanol–water partition coefficient (Wildman–Crippen LogP) is 4.12. The lowest BCUT2D eigenvalue weighted by Gasteiger charge is -2.47. The number of amides is 2. The van der Waals surface area contributed by atoms with Crippen molar-refractivity contribution in [3.05, 3.63) is 65.5 Å². The molecule has 0 aromatic heterocycles. The third-order valence-electron chi connectivity index (χ3n) is 6.12. The van der Waals surface area contributed by atoms with Crippen LogP contribution in [0.4, 0.5) is 14.9 Å². The number of nitrogens with zero attached hydrogens (tertiary/aromatic N) is 3. The summed E-state index contributed by atoms with van der Waals surface area (Å²) in [6.07, 6.45) is 1.48. The summed E-state index contributed by atoms with van der Waals surface area (Å²) >= 11 is 0. The van der Waals surface area contributed by atoms with E-state index in [1.807, 2.05) is 0 Å². The number of rotatable bonds is 3. The van der Waals surface area contributed by atoms with Crippen LogP contribution in [-0.4, -0.2) is 41.9 Å². The maximum atomic E-state index is 13.9. The Morgan fingerprint density at radius 2 is 2.03 bits per heavy atom. The molecule has 2 aliphatic heterocycles. The number of aliphatic imine (C=N–C) groups is 1. The van der Waals surface area contributed by atoms with Gasteiger partial charge in [-0.15, -0.1) is 0 Å². The minimum absolute atomic E-state index is 0.240. The molecule has 6 heteroatoms. The quantitative estimate of drug-likeness (QED) is 0.852. The summed E-state index contributed by atoms with van der Waals surface area (Å²) < 4.78 is 13.9. The van der Waals surface area contributed by atoms with Crippen LogP contribution in [0.3, 0.4) is 0 Å². The lowest BCUT2D eigenvalue weighted by atomic mass is 9.81. The van der Waals surface area contributed by atoms with E-state index in [-0.39, 0.29) is 17.9 Å². The Kier molecular flexibility index (Phi) is 5.13. The topological polar surface area (TPSA) is 47.9 Å². The van der Waals surface area contributed by atoms with Crippen LogP contribution in [0.2, 0.25) is 0 Å². The summed E-state index contributed by atoms with van der Waals surface area (Å²) in [5.74, 6) is 0.325. The minimum atomic E-state index is -0.567. The highest BCUT2D eigenvalue weighted by molar-refractivity contribution is 6.19. The van der Waals surface area contributed by atoms with Gasteiger partial charge in [0.05, 0.1) is 0 Å². The van der Waals surface area contributed by atoms with Crippen molar-refractivity contribution in [3.8, 4) is 0 Å². The molecule has 4 rings (SSSR count). The second-order valence-corrected chi connectivity index (χ2v) is 8.11. The van der Waals surface area contributed by atoms with Gasteiger partial charge in [-0.1, -0.05) is 35.9 Å². The van der Waals surface area contributed by atoms with E-state index >= 15 is 0 Å². The number of likely N-dealkylation sites (tertiary alicyclic amines) is 1. The first-order valence-corrected chi connectivity index (χ1v) is 10.1. The minimum Gasteiger partial charge on any atom is -0.296 e. The van der Waals surface area contributed by atoms with Gasteiger partial charge in [0.2, 0.25) is 0 Å². The molecule has 29 heavy (non-hydrogen) atoms. The number of anilines is 1. The normalized spacial score (nSPS) is 26.3. The Balaban J connectivity index is 1.62. The molecule has 0 bridgehead atoms. The second kappa shape index (κ2) is 7.59. The molecule has 0 saturated carbocycles. The van der Waals surface area contributed by atoms with Gasteiger partial charge >= 0.3 is 6.03 Å². The van der Waals surface area contributed by atoms with E-state index in [1.165, 1.54) is 23.3 Å². The van der Waals surface area contributed by atoms with Crippen LogP contribution >= 0.6 is 0 Å². The Morgan fingerprint density at radius 1 is 1.24 bits per heavy atom. The predicted molar refractivity (Wildman–Crippen MR) is 114 cm³/mol. The highest BCUT2D eigenvalue weighted by Crippen LogP contribution is 2.40. The van der Waals surface area contributed by atoms with E-state index in [2.05, 4.69) is 53.3 Å². The summed E-state index contributed by atoms with van der Waals surface area (Å²) in [6.45, 7) is 6.00. The summed E-state index contributed by atoms with van der Waals surface area (Å²) in [6, 6.07) is 14.8. The molecule has 2 fully saturated rings. The van der Waals surface area contributed by atoms with Gasteiger partial charge in [0, 0.05) is 31.9 Å². The number of hydrogen-bond acceptors (Lipinski definition) is 3. The number of carbonyl (C=O) groups is 1. The smallest absolute Gasteiger partial charge is 0.296 e. The Labute approximate surface area is 171 Å². The van der Waals surface area contributed by atoms with Crippen molar-refractivity contribution >= 4 is 17.6 Å². The van der Waals surface area contributed by atoms with Gasteiger partial charge in [-0.05, 0) is 50.5 Å². The number of hydrogen-bond donors (Lipinski definition) is 1. The molecule has 0 aliphatic carbocycles. The molecule has 2 saturated heterocycles. The molecule has 2 aliphatic rings. The Bertz CT molecular complexity index is 959. The number of urea groups is 1. The van der Waals surface area contributed by atoms with E-state index < -0.39 is 5.54 Å². The maximum absolute atomic E-state index is 13.9. The van der Waals surface area contributed by atoms with Crippen molar-refractivity contribution in [2.75, 3.05) is 18.5 Å². The molecule has 152 valence electrons. The molecule has 0 unspecified atom stereocenters. The average Bonchev–Trinajstić information content (AvgIpc) is 2.95. The number of benzene rings is 2. The third kappa shape index (κ3) is 3.53. The van der Waals surface area contributed by atoms with E-state index in [4.69, 9.17) is 0 Å². The standard InChI is InChI=1S/C23H27FN4O/c1-16-6-4-7-18(12-16)15-27-11-10-23(14-17(27)2)21(25-3)26-22(29)28(23)20-9-5-8-19(24)13-20/h4-9,12-13,17H,10-11,14-15H2,1-3H3,(H,25,26,29)/t17-,23+/m0/s1. The number of halogens is 1. The van der Waals surface area contributed by atoms with Crippen LogP contribution < -0.4 is 10.2 Å². The first kappa shape index (κ1) is 19.6. The van der Waals surface area contributed by atoms with Gasteiger partial charge in [-0.2, -0.15) is 0 Å². The van der Waals surface area contributed by atoms with Crippen molar-refractivity contribution in [1.29, 1.82) is 0 Å². The fraction of sp³-hybridized carbons (Fsp3) is 0.391. The molecule has 1 spiro atoms. The maximum Gasteiger partial charge on any atom is 0.328 e. The van der Waals surface area contributed by atoms with Crippen molar-refractivity contribution in [1.82, 2.24) is 10.2 Å². The third-order valence-corrected chi connectivity index (χ3v) is 6.12. The summed E-state index contributed by atoms with van der Waals surface area (Å²) in [7, 11) is 1.70. The number of aryl methyl sites for hydroxylation is 1. The van der Waals surface area contributed by atoms with Crippen LogP contribution in [-0.2, 0) is 6.54 Å². The summed E-state index contributed by atoms with van der Waals surface area (Å²) in [5.41, 5.74) is 2.55. The molecule has 2 heterocycles. The van der Waals surface area contributed by atoms with Crippen LogP contribution in [0.25, 0.3) is 0 Å². The highest BCUT2D eigenvalue weighted by Gasteiger charge is 2.54. The monoisotopic (exact) mass is 394 g/mol. The van der Waals surface area contributed by atoms with Gasteiger partial charge in [0.15, 0.2) is 0 Å². The average molecular weight is 394 g/mol. The molecule has 2 amide bonds. The number of amidine groups is 1. The van der Waals surface area contributed by atoms with E-state index in [9.17, 15) is 9.18 Å². The SMILES string of the molecule is CN=C1NC(=O)N(c2cccc(F)c2)[C@@]12CCN(Cc1cccc(C)c1)[C@@H](C)C2. The lowest BCUT2D eigenvalue weighted by molar-refractivity contribution is 0.124. The molecule has 2 aromatic carbocycles. The first-order valence-electron chi connectivity index (χ1n) is 10.1. The van der Waals surface area contributed by atoms with Gasteiger partial charge in [-0.25, -0.2) is 9.18 Å². The van der Waals surface area contributed by atoms with Crippen molar-refractivity contribution in [2.24, 2.45) is 4.99 Å². The van der Waals surface area contributed by atoms with Crippen LogP contribution in [0, 0.1) is 12.7 Å². The van der Waals surface area contributed by atoms with Gasteiger partial charge in [0.1, 0.15) is 17.2 Å². The van der Waals surface area contributed by atoms with Gasteiger partial charge < -0.3 is 0 Å². The summed E-state index contributed by atoms with van der Waals surface area (Å²) in [4.78, 5) is 21.4. The fourth-order valence-corrected chi connectivity index (χ4v) is 4.78. The largest absolute Gasteiger partial charge is 0.328 e. The molecular weight excluding hydrogens is 367 g/mol. The lowest BCUT2D eigenvalue weighted by Crippen LogP contribution is -2.59. The van der Waals surface area contributed by atoms with Crippen LogP contribution in [0.15, 0.2) is 53.5 Å². The molecule has 5 nitrogen and oxygen atoms in total. The number of nitrogens with one attached hydrogen (secondary N) is 1. The van der Waals surface area contributed by atoms with E-state index in [0.29, 0.717) is 11.5 Å².